The first-order valence-corrected chi connectivity index (χ1v) is 9.65. The van der Waals surface area contributed by atoms with Gasteiger partial charge in [-0.1, -0.05) is 6.07 Å². The smallest absolute Gasteiger partial charge is 0.423 e. The van der Waals surface area contributed by atoms with E-state index in [4.69, 9.17) is 25.7 Å². The molecule has 13 heteroatoms. The van der Waals surface area contributed by atoms with Crippen molar-refractivity contribution in [1.82, 2.24) is 0 Å². The van der Waals surface area contributed by atoms with E-state index in [-0.39, 0.29) is 28.4 Å². The van der Waals surface area contributed by atoms with Gasteiger partial charge in [0, 0.05) is 11.4 Å². The predicted octanol–water partition coefficient (Wildman–Crippen LogP) is -2.04. The summed E-state index contributed by atoms with van der Waals surface area (Å²) in [6.45, 7) is 0.204. The van der Waals surface area contributed by atoms with E-state index >= 15 is 0 Å². The average molecular weight is 424 g/mol. The van der Waals surface area contributed by atoms with Crippen molar-refractivity contribution in [3.8, 4) is 0 Å². The van der Waals surface area contributed by atoms with Gasteiger partial charge in [-0.15, -0.1) is 0 Å². The third kappa shape index (κ3) is 5.03. The van der Waals surface area contributed by atoms with Crippen LogP contribution in [0.25, 0.3) is 0 Å². The molecule has 1 heterocycles. The van der Waals surface area contributed by atoms with Crippen molar-refractivity contribution < 1.29 is 42.9 Å². The van der Waals surface area contributed by atoms with Crippen LogP contribution < -0.4 is 15.9 Å². The van der Waals surface area contributed by atoms with Crippen molar-refractivity contribution in [3.63, 3.8) is 0 Å². The second-order valence-electron chi connectivity index (χ2n) is 6.27. The summed E-state index contributed by atoms with van der Waals surface area (Å²) < 4.78 is 37.0. The van der Waals surface area contributed by atoms with E-state index in [1.54, 1.807) is 6.07 Å². The number of fused-ring (bicyclic) bond motifs is 1. The molecule has 0 spiro atoms. The first-order chi connectivity index (χ1) is 13.4. The number of nitrogen functional groups attached to an aromatic ring is 1. The largest absolute Gasteiger partial charge is 0.491 e. The Bertz CT molecular complexity index is 1050. The highest BCUT2D eigenvalue weighted by Crippen LogP contribution is 2.24. The summed E-state index contributed by atoms with van der Waals surface area (Å²) >= 11 is 0. The molecule has 0 saturated carbocycles. The highest BCUT2D eigenvalue weighted by Gasteiger charge is 2.29. The summed E-state index contributed by atoms with van der Waals surface area (Å²) in [6, 6.07) is 8.18. The van der Waals surface area contributed by atoms with Gasteiger partial charge in [0.15, 0.2) is 0 Å². The lowest BCUT2D eigenvalue weighted by atomic mass is 9.79. The molecule has 0 aromatic heterocycles. The van der Waals surface area contributed by atoms with Gasteiger partial charge < -0.3 is 35.5 Å². The van der Waals surface area contributed by atoms with Gasteiger partial charge in [-0.2, -0.15) is 0 Å². The number of aliphatic hydroxyl groups is 3. The van der Waals surface area contributed by atoms with Crippen LogP contribution in [0, 0.1) is 0 Å². The number of rotatable bonds is 6. The Balaban J connectivity index is 1.89. The lowest BCUT2D eigenvalue weighted by molar-refractivity contribution is -0.435. The molecule has 3 rings (SSSR count). The minimum absolute atomic E-state index is 0.101. The number of esters is 1. The number of carbonyl (C=O) groups is 1. The Morgan fingerprint density at radius 1 is 1.24 bits per heavy atom. The van der Waals surface area contributed by atoms with Crippen molar-refractivity contribution in [2.45, 2.75) is 24.1 Å². The van der Waals surface area contributed by atoms with Crippen LogP contribution in [0.15, 0.2) is 41.3 Å². The lowest BCUT2D eigenvalue weighted by Gasteiger charge is -2.16. The van der Waals surface area contributed by atoms with Crippen LogP contribution in [0.2, 0.25) is 0 Å². The molecule has 0 unspecified atom stereocenters. The zero-order valence-corrected chi connectivity index (χ0v) is 15.6. The van der Waals surface area contributed by atoms with Crippen molar-refractivity contribution in [1.29, 1.82) is 0 Å². The predicted molar refractivity (Wildman–Crippen MR) is 99.7 cm³/mol. The molecule has 0 atom stereocenters. The van der Waals surface area contributed by atoms with Gasteiger partial charge in [0.1, 0.15) is 0 Å². The molecule has 2 aromatic rings. The number of anilines is 2. The molecule has 0 radical (unpaired) electrons. The first-order valence-electron chi connectivity index (χ1n) is 8.17. The molecule has 0 amide bonds. The van der Waals surface area contributed by atoms with E-state index in [1.807, 2.05) is 0 Å². The Hall–Kier alpha value is -2.68. The maximum absolute atomic E-state index is 12.8. The van der Waals surface area contributed by atoms with Crippen molar-refractivity contribution >= 4 is 39.9 Å². The second kappa shape index (κ2) is 7.63. The number of ether oxygens (including phenoxy) is 1. The summed E-state index contributed by atoms with van der Waals surface area (Å²) in [5, 5.41) is 35.9. The van der Waals surface area contributed by atoms with Gasteiger partial charge >= 0.3 is 19.2 Å². The fourth-order valence-electron chi connectivity index (χ4n) is 2.83. The number of nitrogens with two attached hydrogens (primary N) is 1. The van der Waals surface area contributed by atoms with Gasteiger partial charge in [0.25, 0.3) is 10.0 Å². The topological polar surface area (TPSA) is 189 Å². The third-order valence-corrected chi connectivity index (χ3v) is 5.50. The zero-order chi connectivity index (χ0) is 21.4. The van der Waals surface area contributed by atoms with Crippen LogP contribution in [-0.4, -0.2) is 48.0 Å². The molecule has 0 fully saturated rings. The summed E-state index contributed by atoms with van der Waals surface area (Å²) in [5.74, 6) is -1.31. The SMILES string of the molecule is Nc1ccc(S(=O)(=O)Nc2ccc3c(c2)B(O)OC3)c(CC(=O)OC(O)(O)O)c1. The van der Waals surface area contributed by atoms with Gasteiger partial charge in [-0.25, -0.2) is 8.42 Å². The van der Waals surface area contributed by atoms with E-state index in [2.05, 4.69) is 9.46 Å². The molecule has 11 nitrogen and oxygen atoms in total. The third-order valence-electron chi connectivity index (χ3n) is 4.02. The maximum Gasteiger partial charge on any atom is 0.491 e. The number of hydrogen-bond donors (Lipinski definition) is 6. The molecule has 0 bridgehead atoms. The van der Waals surface area contributed by atoms with Crippen LogP contribution in [0.1, 0.15) is 11.1 Å². The Labute approximate surface area is 165 Å². The van der Waals surface area contributed by atoms with Crippen molar-refractivity contribution in [3.05, 3.63) is 47.5 Å². The highest BCUT2D eigenvalue weighted by molar-refractivity contribution is 7.92. The molecule has 2 aromatic carbocycles. The van der Waals surface area contributed by atoms with E-state index in [0.29, 0.717) is 5.46 Å². The number of carbonyl (C=O) groups excluding carboxylic acids is 1. The summed E-state index contributed by atoms with van der Waals surface area (Å²) in [6.07, 6.45) is -4.41. The van der Waals surface area contributed by atoms with E-state index in [0.717, 1.165) is 11.6 Å². The number of benzene rings is 2. The van der Waals surface area contributed by atoms with Crippen LogP contribution in [0.3, 0.4) is 0 Å². The lowest BCUT2D eigenvalue weighted by Crippen LogP contribution is -2.34. The number of hydrogen-bond acceptors (Lipinski definition) is 10. The number of nitrogens with one attached hydrogen (secondary N) is 1. The quantitative estimate of drug-likeness (QED) is 0.130. The van der Waals surface area contributed by atoms with Crippen LogP contribution in [0.4, 0.5) is 11.4 Å². The Morgan fingerprint density at radius 3 is 2.66 bits per heavy atom. The van der Waals surface area contributed by atoms with Gasteiger partial charge in [-0.05, 0) is 46.9 Å². The maximum atomic E-state index is 12.8. The highest BCUT2D eigenvalue weighted by atomic mass is 32.2. The Morgan fingerprint density at radius 2 is 1.97 bits per heavy atom. The zero-order valence-electron chi connectivity index (χ0n) is 14.8. The van der Waals surface area contributed by atoms with Gasteiger partial charge in [-0.3, -0.25) is 9.52 Å². The molecule has 0 aliphatic carbocycles. The fourth-order valence-corrected chi connectivity index (χ4v) is 4.10. The molecule has 7 N–H and O–H groups in total. The minimum atomic E-state index is -4.21. The van der Waals surface area contributed by atoms with E-state index in [1.165, 1.54) is 24.3 Å². The molecule has 1 aliphatic heterocycles. The normalized spacial score (nSPS) is 13.9. The summed E-state index contributed by atoms with van der Waals surface area (Å²) in [5.41, 5.74) is 6.99. The summed E-state index contributed by atoms with van der Waals surface area (Å²) in [7, 11) is -5.37. The van der Waals surface area contributed by atoms with Crippen LogP contribution in [0.5, 0.6) is 0 Å². The van der Waals surface area contributed by atoms with Crippen LogP contribution in [-0.2, 0) is 37.2 Å². The minimum Gasteiger partial charge on any atom is -0.423 e. The van der Waals surface area contributed by atoms with Gasteiger partial charge in [0.05, 0.1) is 17.9 Å². The van der Waals surface area contributed by atoms with Crippen molar-refractivity contribution in [2.24, 2.45) is 0 Å². The molecule has 0 saturated heterocycles. The number of sulfonamides is 1. The Kier molecular flexibility index (Phi) is 5.53. The summed E-state index contributed by atoms with van der Waals surface area (Å²) in [4.78, 5) is 11.4. The van der Waals surface area contributed by atoms with Crippen LogP contribution >= 0.6 is 0 Å². The standard InChI is InChI=1S/C16H17BN2O9S/c18-11-2-4-14(10(5-11)6-15(20)28-16(21,22)23)29(25,26)19-12-3-1-9-8-27-17(24)13(9)7-12/h1-5,7,19,21-24H,6,8,18H2. The molecule has 29 heavy (non-hydrogen) atoms. The van der Waals surface area contributed by atoms with E-state index < -0.39 is 35.7 Å². The first kappa shape index (κ1) is 21.0. The van der Waals surface area contributed by atoms with E-state index in [9.17, 15) is 18.2 Å². The molecular formula is C16H17BN2O9S. The second-order valence-corrected chi connectivity index (χ2v) is 7.93. The fraction of sp³-hybridized carbons (Fsp3) is 0.188. The van der Waals surface area contributed by atoms with Gasteiger partial charge in [0.2, 0.25) is 0 Å². The molecule has 1 aliphatic rings. The molecule has 154 valence electrons. The molecular weight excluding hydrogens is 407 g/mol. The van der Waals surface area contributed by atoms with Crippen molar-refractivity contribution in [2.75, 3.05) is 10.5 Å². The monoisotopic (exact) mass is 424 g/mol. The average Bonchev–Trinajstić information content (AvgIpc) is 2.93.